The number of methoxy groups -OCH3 is 1. The second-order valence-electron chi connectivity index (χ2n) is 7.08. The van der Waals surface area contributed by atoms with Crippen molar-refractivity contribution in [1.82, 2.24) is 15.1 Å². The van der Waals surface area contributed by atoms with Crippen molar-refractivity contribution in [2.45, 2.75) is 39.5 Å². The minimum atomic E-state index is 0.190. The van der Waals surface area contributed by atoms with Crippen LogP contribution in [0.1, 0.15) is 35.2 Å². The number of nitrogens with zero attached hydrogens (tertiary/aromatic N) is 2. The summed E-state index contributed by atoms with van der Waals surface area (Å²) in [5, 5.41) is 7.19. The average molecular weight is 341 g/mol. The molecule has 1 aromatic heterocycles. The quantitative estimate of drug-likeness (QED) is 0.909. The number of aromatic amines is 1. The van der Waals surface area contributed by atoms with Crippen LogP contribution < -0.4 is 4.74 Å². The molecule has 1 N–H and O–H groups in total. The number of ether oxygens (including phenoxy) is 1. The van der Waals surface area contributed by atoms with Crippen LogP contribution in [-0.2, 0) is 17.6 Å². The first-order valence-corrected chi connectivity index (χ1v) is 8.97. The highest BCUT2D eigenvalue weighted by atomic mass is 16.5. The third-order valence-electron chi connectivity index (χ3n) is 5.08. The van der Waals surface area contributed by atoms with Gasteiger partial charge in [-0.2, -0.15) is 5.10 Å². The average Bonchev–Trinajstić information content (AvgIpc) is 3.00. The smallest absolute Gasteiger partial charge is 0.227 e. The van der Waals surface area contributed by atoms with Gasteiger partial charge in [-0.1, -0.05) is 17.7 Å². The van der Waals surface area contributed by atoms with Crippen molar-refractivity contribution < 1.29 is 9.53 Å². The van der Waals surface area contributed by atoms with Crippen LogP contribution in [0, 0.1) is 19.8 Å². The van der Waals surface area contributed by atoms with Crippen molar-refractivity contribution >= 4 is 5.91 Å². The third-order valence-corrected chi connectivity index (χ3v) is 5.08. The number of aryl methyl sites for hydroxylation is 2. The standard InChI is InChI=1S/C20H27N3O2/c1-14-6-7-19(25-3)17(9-14)11-20(24)23-8-4-5-16(13-23)10-18-15(2)12-21-22-18/h6-7,9,12,16H,4-5,8,10-11,13H2,1-3H3,(H,21,22). The van der Waals surface area contributed by atoms with Gasteiger partial charge in [0.1, 0.15) is 5.75 Å². The summed E-state index contributed by atoms with van der Waals surface area (Å²) in [7, 11) is 1.66. The van der Waals surface area contributed by atoms with Gasteiger partial charge in [0, 0.05) is 24.3 Å². The highest BCUT2D eigenvalue weighted by molar-refractivity contribution is 5.79. The summed E-state index contributed by atoms with van der Waals surface area (Å²) in [5.74, 6) is 1.48. The van der Waals surface area contributed by atoms with E-state index in [-0.39, 0.29) is 5.91 Å². The Hall–Kier alpha value is -2.30. The van der Waals surface area contributed by atoms with Gasteiger partial charge >= 0.3 is 0 Å². The number of nitrogens with one attached hydrogen (secondary N) is 1. The van der Waals surface area contributed by atoms with Crippen molar-refractivity contribution in [3.63, 3.8) is 0 Å². The molecule has 134 valence electrons. The minimum Gasteiger partial charge on any atom is -0.496 e. The second-order valence-corrected chi connectivity index (χ2v) is 7.08. The normalized spacial score (nSPS) is 17.6. The van der Waals surface area contributed by atoms with Crippen LogP contribution in [0.5, 0.6) is 5.75 Å². The Bertz CT molecular complexity index is 738. The molecule has 5 nitrogen and oxygen atoms in total. The van der Waals surface area contributed by atoms with Gasteiger partial charge in [0.2, 0.25) is 5.91 Å². The van der Waals surface area contributed by atoms with E-state index in [0.717, 1.165) is 49.2 Å². The number of hydrogen-bond acceptors (Lipinski definition) is 3. The van der Waals surface area contributed by atoms with Crippen molar-refractivity contribution in [1.29, 1.82) is 0 Å². The maximum Gasteiger partial charge on any atom is 0.227 e. The fourth-order valence-electron chi connectivity index (χ4n) is 3.65. The summed E-state index contributed by atoms with van der Waals surface area (Å²) in [6, 6.07) is 6.00. The van der Waals surface area contributed by atoms with E-state index in [9.17, 15) is 4.79 Å². The lowest BCUT2D eigenvalue weighted by atomic mass is 9.92. The lowest BCUT2D eigenvalue weighted by molar-refractivity contribution is -0.132. The van der Waals surface area contributed by atoms with E-state index < -0.39 is 0 Å². The van der Waals surface area contributed by atoms with Gasteiger partial charge in [-0.3, -0.25) is 9.89 Å². The molecule has 1 atom stereocenters. The first-order valence-electron chi connectivity index (χ1n) is 8.97. The lowest BCUT2D eigenvalue weighted by Crippen LogP contribution is -2.41. The number of benzene rings is 1. The molecule has 3 rings (SSSR count). The number of amides is 1. The molecule has 0 saturated carbocycles. The molecule has 2 aromatic rings. The summed E-state index contributed by atoms with van der Waals surface area (Å²) in [6.07, 6.45) is 5.46. The summed E-state index contributed by atoms with van der Waals surface area (Å²) in [5.41, 5.74) is 4.52. The highest BCUT2D eigenvalue weighted by Crippen LogP contribution is 2.24. The molecular weight excluding hydrogens is 314 g/mol. The summed E-state index contributed by atoms with van der Waals surface area (Å²) in [4.78, 5) is 14.8. The maximum atomic E-state index is 12.8. The van der Waals surface area contributed by atoms with E-state index in [1.54, 1.807) is 7.11 Å². The van der Waals surface area contributed by atoms with E-state index in [2.05, 4.69) is 17.1 Å². The number of carbonyl (C=O) groups is 1. The van der Waals surface area contributed by atoms with Gasteiger partial charge < -0.3 is 9.64 Å². The Morgan fingerprint density at radius 1 is 1.40 bits per heavy atom. The van der Waals surface area contributed by atoms with E-state index in [1.165, 1.54) is 11.3 Å². The predicted molar refractivity (Wildman–Crippen MR) is 97.8 cm³/mol. The molecular formula is C20H27N3O2. The van der Waals surface area contributed by atoms with Crippen LogP contribution >= 0.6 is 0 Å². The van der Waals surface area contributed by atoms with Gasteiger partial charge in [-0.05, 0) is 50.7 Å². The van der Waals surface area contributed by atoms with Crippen LogP contribution in [0.15, 0.2) is 24.4 Å². The number of H-pyrrole nitrogens is 1. The summed E-state index contributed by atoms with van der Waals surface area (Å²) >= 11 is 0. The van der Waals surface area contributed by atoms with Gasteiger partial charge in [0.05, 0.1) is 19.7 Å². The van der Waals surface area contributed by atoms with Crippen LogP contribution in [0.2, 0.25) is 0 Å². The van der Waals surface area contributed by atoms with E-state index in [1.807, 2.05) is 36.2 Å². The molecule has 1 aliphatic rings. The van der Waals surface area contributed by atoms with Crippen LogP contribution in [0.25, 0.3) is 0 Å². The molecule has 1 amide bonds. The number of rotatable bonds is 5. The van der Waals surface area contributed by atoms with E-state index in [4.69, 9.17) is 4.74 Å². The SMILES string of the molecule is COc1ccc(C)cc1CC(=O)N1CCCC(Cc2[nH]ncc2C)C1. The fourth-order valence-corrected chi connectivity index (χ4v) is 3.65. The highest BCUT2D eigenvalue weighted by Gasteiger charge is 2.25. The molecule has 5 heteroatoms. The van der Waals surface area contributed by atoms with Gasteiger partial charge in [0.15, 0.2) is 0 Å². The Balaban J connectivity index is 1.64. The maximum absolute atomic E-state index is 12.8. The lowest BCUT2D eigenvalue weighted by Gasteiger charge is -2.33. The number of piperidine rings is 1. The first kappa shape index (κ1) is 17.5. The van der Waals surface area contributed by atoms with Crippen LogP contribution in [0.3, 0.4) is 0 Å². The molecule has 0 radical (unpaired) electrons. The monoisotopic (exact) mass is 341 g/mol. The molecule has 1 unspecified atom stereocenters. The Morgan fingerprint density at radius 3 is 2.96 bits per heavy atom. The third kappa shape index (κ3) is 4.21. The molecule has 1 saturated heterocycles. The van der Waals surface area contributed by atoms with Gasteiger partial charge in [-0.25, -0.2) is 0 Å². The number of aromatic nitrogens is 2. The minimum absolute atomic E-state index is 0.190. The summed E-state index contributed by atoms with van der Waals surface area (Å²) in [6.45, 7) is 5.79. The Kier molecular flexibility index (Phi) is 5.41. The first-order chi connectivity index (χ1) is 12.1. The Labute approximate surface area is 149 Å². The Morgan fingerprint density at radius 2 is 2.24 bits per heavy atom. The molecule has 1 aromatic carbocycles. The number of carbonyl (C=O) groups excluding carboxylic acids is 1. The number of hydrogen-bond donors (Lipinski definition) is 1. The van der Waals surface area contributed by atoms with E-state index in [0.29, 0.717) is 12.3 Å². The zero-order chi connectivity index (χ0) is 17.8. The largest absolute Gasteiger partial charge is 0.496 e. The zero-order valence-electron chi connectivity index (χ0n) is 15.3. The van der Waals surface area contributed by atoms with Crippen molar-refractivity contribution in [3.05, 3.63) is 46.8 Å². The van der Waals surface area contributed by atoms with Gasteiger partial charge in [-0.15, -0.1) is 0 Å². The summed E-state index contributed by atoms with van der Waals surface area (Å²) < 4.78 is 5.41. The topological polar surface area (TPSA) is 58.2 Å². The second kappa shape index (κ2) is 7.72. The predicted octanol–water partition coefficient (Wildman–Crippen LogP) is 3.06. The molecule has 0 aliphatic carbocycles. The van der Waals surface area contributed by atoms with Gasteiger partial charge in [0.25, 0.3) is 0 Å². The van der Waals surface area contributed by atoms with E-state index >= 15 is 0 Å². The fraction of sp³-hybridized carbons (Fsp3) is 0.500. The molecule has 25 heavy (non-hydrogen) atoms. The molecule has 1 aliphatic heterocycles. The van der Waals surface area contributed by atoms with Crippen LogP contribution in [0.4, 0.5) is 0 Å². The molecule has 0 spiro atoms. The van der Waals surface area contributed by atoms with Crippen LogP contribution in [-0.4, -0.2) is 41.2 Å². The van der Waals surface area contributed by atoms with Crippen molar-refractivity contribution in [3.8, 4) is 5.75 Å². The molecule has 1 fully saturated rings. The molecule has 2 heterocycles. The van der Waals surface area contributed by atoms with Crippen molar-refractivity contribution in [2.24, 2.45) is 5.92 Å². The molecule has 0 bridgehead atoms. The zero-order valence-corrected chi connectivity index (χ0v) is 15.3. The number of likely N-dealkylation sites (tertiary alicyclic amines) is 1. The van der Waals surface area contributed by atoms with Crippen molar-refractivity contribution in [2.75, 3.05) is 20.2 Å².